The molecule has 1 unspecified atom stereocenters. The van der Waals surface area contributed by atoms with E-state index < -0.39 is 0 Å². The van der Waals surface area contributed by atoms with Gasteiger partial charge in [0.15, 0.2) is 0 Å². The number of thioether (sulfide) groups is 1. The summed E-state index contributed by atoms with van der Waals surface area (Å²) < 4.78 is 0. The number of benzene rings is 1. The molecular formula is C19H28N2O2S. The van der Waals surface area contributed by atoms with Crippen molar-refractivity contribution in [2.24, 2.45) is 0 Å². The SMILES string of the molecule is CC(=O)NC1CCCN(C(=O)CSc2ccc(C(C)(C)C)cc2)C1. The number of hydrogen-bond donors (Lipinski definition) is 1. The number of likely N-dealkylation sites (tertiary alicyclic amines) is 1. The van der Waals surface area contributed by atoms with Gasteiger partial charge in [0.1, 0.15) is 0 Å². The van der Waals surface area contributed by atoms with E-state index in [9.17, 15) is 9.59 Å². The zero-order valence-corrected chi connectivity index (χ0v) is 15.9. The van der Waals surface area contributed by atoms with Gasteiger partial charge >= 0.3 is 0 Å². The smallest absolute Gasteiger partial charge is 0.233 e. The maximum Gasteiger partial charge on any atom is 0.233 e. The van der Waals surface area contributed by atoms with Crippen LogP contribution in [0, 0.1) is 0 Å². The Morgan fingerprint density at radius 3 is 2.50 bits per heavy atom. The third-order valence-corrected chi connectivity index (χ3v) is 5.26. The lowest BCUT2D eigenvalue weighted by molar-refractivity contribution is -0.130. The van der Waals surface area contributed by atoms with Gasteiger partial charge in [-0.3, -0.25) is 9.59 Å². The van der Waals surface area contributed by atoms with Crippen LogP contribution < -0.4 is 5.32 Å². The first-order chi connectivity index (χ1) is 11.3. The van der Waals surface area contributed by atoms with Crippen molar-refractivity contribution in [2.75, 3.05) is 18.8 Å². The largest absolute Gasteiger partial charge is 0.352 e. The minimum atomic E-state index is -0.0254. The van der Waals surface area contributed by atoms with Gasteiger partial charge in [-0.15, -0.1) is 11.8 Å². The monoisotopic (exact) mass is 348 g/mol. The van der Waals surface area contributed by atoms with Gasteiger partial charge in [0.05, 0.1) is 5.75 Å². The van der Waals surface area contributed by atoms with Gasteiger partial charge in [0, 0.05) is 31.0 Å². The Morgan fingerprint density at radius 1 is 1.25 bits per heavy atom. The van der Waals surface area contributed by atoms with Crippen LogP contribution >= 0.6 is 11.8 Å². The van der Waals surface area contributed by atoms with Gasteiger partial charge in [-0.1, -0.05) is 32.9 Å². The Balaban J connectivity index is 1.85. The van der Waals surface area contributed by atoms with E-state index in [1.54, 1.807) is 11.8 Å². The third kappa shape index (κ3) is 5.55. The standard InChI is InChI=1S/C19H28N2O2S/c1-14(22)20-16-6-5-11-21(12-16)18(23)13-24-17-9-7-15(8-10-17)19(2,3)4/h7-10,16H,5-6,11-13H2,1-4H3,(H,20,22). The second-order valence-corrected chi connectivity index (χ2v) is 8.49. The molecule has 2 amide bonds. The topological polar surface area (TPSA) is 49.4 Å². The lowest BCUT2D eigenvalue weighted by atomic mass is 9.87. The van der Waals surface area contributed by atoms with E-state index in [2.05, 4.69) is 50.4 Å². The van der Waals surface area contributed by atoms with Crippen LogP contribution in [-0.4, -0.2) is 41.6 Å². The highest BCUT2D eigenvalue weighted by molar-refractivity contribution is 8.00. The molecule has 1 N–H and O–H groups in total. The average molecular weight is 349 g/mol. The molecule has 1 aliphatic heterocycles. The molecule has 0 radical (unpaired) electrons. The first-order valence-corrected chi connectivity index (χ1v) is 9.52. The predicted molar refractivity (Wildman–Crippen MR) is 99.3 cm³/mol. The summed E-state index contributed by atoms with van der Waals surface area (Å²) in [6, 6.07) is 8.56. The Hall–Kier alpha value is -1.49. The summed E-state index contributed by atoms with van der Waals surface area (Å²) in [7, 11) is 0. The molecule has 0 aromatic heterocycles. The van der Waals surface area contributed by atoms with Gasteiger partial charge in [-0.05, 0) is 36.0 Å². The molecule has 1 heterocycles. The number of piperidine rings is 1. The van der Waals surface area contributed by atoms with Gasteiger partial charge < -0.3 is 10.2 Å². The number of carbonyl (C=O) groups is 2. The molecule has 132 valence electrons. The van der Waals surface area contributed by atoms with Crippen LogP contribution in [0.4, 0.5) is 0 Å². The molecule has 0 saturated carbocycles. The van der Waals surface area contributed by atoms with Crippen LogP contribution in [0.3, 0.4) is 0 Å². The highest BCUT2D eigenvalue weighted by Crippen LogP contribution is 2.26. The molecule has 1 fully saturated rings. The van der Waals surface area contributed by atoms with Crippen molar-refractivity contribution in [3.63, 3.8) is 0 Å². The van der Waals surface area contributed by atoms with Gasteiger partial charge in [0.2, 0.25) is 11.8 Å². The van der Waals surface area contributed by atoms with E-state index in [-0.39, 0.29) is 23.3 Å². The van der Waals surface area contributed by atoms with Crippen molar-refractivity contribution in [1.29, 1.82) is 0 Å². The quantitative estimate of drug-likeness (QED) is 0.850. The van der Waals surface area contributed by atoms with Crippen LogP contribution in [0.25, 0.3) is 0 Å². The molecule has 5 heteroatoms. The maximum absolute atomic E-state index is 12.4. The molecule has 4 nitrogen and oxygen atoms in total. The molecule has 1 aromatic rings. The fourth-order valence-electron chi connectivity index (χ4n) is 2.90. The molecule has 0 aliphatic carbocycles. The minimum absolute atomic E-state index is 0.0254. The summed E-state index contributed by atoms with van der Waals surface area (Å²) in [5, 5.41) is 2.92. The maximum atomic E-state index is 12.4. The second-order valence-electron chi connectivity index (χ2n) is 7.44. The molecular weight excluding hydrogens is 320 g/mol. The van der Waals surface area contributed by atoms with Crippen LogP contribution in [-0.2, 0) is 15.0 Å². The van der Waals surface area contributed by atoms with Crippen LogP contribution in [0.1, 0.15) is 46.1 Å². The normalized spacial score (nSPS) is 18.3. The van der Waals surface area contributed by atoms with Crippen LogP contribution in [0.2, 0.25) is 0 Å². The van der Waals surface area contributed by atoms with E-state index in [0.29, 0.717) is 12.3 Å². The van der Waals surface area contributed by atoms with Crippen LogP contribution in [0.5, 0.6) is 0 Å². The number of carbonyl (C=O) groups excluding carboxylic acids is 2. The zero-order valence-electron chi connectivity index (χ0n) is 15.1. The minimum Gasteiger partial charge on any atom is -0.352 e. The highest BCUT2D eigenvalue weighted by Gasteiger charge is 2.24. The van der Waals surface area contributed by atoms with Crippen molar-refractivity contribution in [3.05, 3.63) is 29.8 Å². The lowest BCUT2D eigenvalue weighted by Gasteiger charge is -2.33. The first-order valence-electron chi connectivity index (χ1n) is 8.54. The zero-order chi connectivity index (χ0) is 17.7. The molecule has 0 bridgehead atoms. The van der Waals surface area contributed by atoms with Crippen molar-refractivity contribution < 1.29 is 9.59 Å². The molecule has 1 aliphatic rings. The fourth-order valence-corrected chi connectivity index (χ4v) is 3.70. The highest BCUT2D eigenvalue weighted by atomic mass is 32.2. The van der Waals surface area contributed by atoms with E-state index >= 15 is 0 Å². The first kappa shape index (κ1) is 18.8. The number of nitrogens with one attached hydrogen (secondary N) is 1. The molecule has 1 aromatic carbocycles. The summed E-state index contributed by atoms with van der Waals surface area (Å²) in [5.41, 5.74) is 1.44. The molecule has 1 saturated heterocycles. The fraction of sp³-hybridized carbons (Fsp3) is 0.579. The molecule has 0 spiro atoms. The predicted octanol–water partition coefficient (Wildman–Crippen LogP) is 3.20. The van der Waals surface area contributed by atoms with E-state index in [1.807, 2.05) is 4.90 Å². The van der Waals surface area contributed by atoms with Gasteiger partial charge in [-0.25, -0.2) is 0 Å². The van der Waals surface area contributed by atoms with Gasteiger partial charge in [-0.2, -0.15) is 0 Å². The number of rotatable bonds is 4. The summed E-state index contributed by atoms with van der Waals surface area (Å²) in [4.78, 5) is 26.6. The number of nitrogens with zero attached hydrogens (tertiary/aromatic N) is 1. The molecule has 1 atom stereocenters. The summed E-state index contributed by atoms with van der Waals surface area (Å²) in [6.07, 6.45) is 1.90. The summed E-state index contributed by atoms with van der Waals surface area (Å²) >= 11 is 1.58. The summed E-state index contributed by atoms with van der Waals surface area (Å²) in [6.45, 7) is 9.53. The lowest BCUT2D eigenvalue weighted by Crippen LogP contribution is -2.49. The Kier molecular flexibility index (Phi) is 6.33. The van der Waals surface area contributed by atoms with Crippen molar-refractivity contribution in [3.8, 4) is 0 Å². The van der Waals surface area contributed by atoms with Crippen LogP contribution in [0.15, 0.2) is 29.2 Å². The third-order valence-electron chi connectivity index (χ3n) is 4.26. The second kappa shape index (κ2) is 8.06. The Labute approximate surface area is 149 Å². The van der Waals surface area contributed by atoms with Gasteiger partial charge in [0.25, 0.3) is 0 Å². The van der Waals surface area contributed by atoms with E-state index in [0.717, 1.165) is 24.3 Å². The molecule has 24 heavy (non-hydrogen) atoms. The summed E-state index contributed by atoms with van der Waals surface area (Å²) in [5.74, 6) is 0.569. The Bertz CT molecular complexity index is 578. The Morgan fingerprint density at radius 2 is 1.92 bits per heavy atom. The molecule has 2 rings (SSSR count). The van der Waals surface area contributed by atoms with Crippen molar-refractivity contribution >= 4 is 23.6 Å². The average Bonchev–Trinajstić information content (AvgIpc) is 2.52. The van der Waals surface area contributed by atoms with Crippen molar-refractivity contribution in [1.82, 2.24) is 10.2 Å². The number of amides is 2. The van der Waals surface area contributed by atoms with E-state index in [4.69, 9.17) is 0 Å². The van der Waals surface area contributed by atoms with Crippen molar-refractivity contribution in [2.45, 2.75) is 56.9 Å². The van der Waals surface area contributed by atoms with E-state index in [1.165, 1.54) is 12.5 Å². The number of hydrogen-bond acceptors (Lipinski definition) is 3.